The molecular weight excluding hydrogens is 274 g/mol. The highest BCUT2D eigenvalue weighted by atomic mass is 16.5. The number of benzene rings is 1. The van der Waals surface area contributed by atoms with Crippen molar-refractivity contribution in [1.82, 2.24) is 0 Å². The molecule has 0 radical (unpaired) electrons. The molecule has 0 spiro atoms. The lowest BCUT2D eigenvalue weighted by Gasteiger charge is -2.06. The summed E-state index contributed by atoms with van der Waals surface area (Å²) in [4.78, 5) is 11.5. The minimum atomic E-state index is -0.729. The third-order valence-corrected chi connectivity index (χ3v) is 3.76. The van der Waals surface area contributed by atoms with E-state index in [1.54, 1.807) is 12.1 Å². The second kappa shape index (κ2) is 10.8. The van der Waals surface area contributed by atoms with Gasteiger partial charge in [0.15, 0.2) is 0 Å². The number of hydrogen-bond donors (Lipinski definition) is 0. The summed E-state index contributed by atoms with van der Waals surface area (Å²) in [7, 11) is 0. The van der Waals surface area contributed by atoms with Gasteiger partial charge in [0.25, 0.3) is 0 Å². The van der Waals surface area contributed by atoms with Crippen LogP contribution >= 0.6 is 0 Å². The first-order chi connectivity index (χ1) is 10.7. The first kappa shape index (κ1) is 18.2. The van der Waals surface area contributed by atoms with Crippen LogP contribution in [0.2, 0.25) is 0 Å². The Morgan fingerprint density at radius 1 is 1.09 bits per heavy atom. The van der Waals surface area contributed by atoms with Crippen LogP contribution in [0.3, 0.4) is 0 Å². The Bertz CT molecular complexity index is 473. The van der Waals surface area contributed by atoms with Gasteiger partial charge in [-0.25, -0.2) is 0 Å². The van der Waals surface area contributed by atoms with Crippen LogP contribution in [0.5, 0.6) is 5.75 Å². The number of ether oxygens (including phenoxy) is 1. The Kier molecular flexibility index (Phi) is 8.98. The minimum Gasteiger partial charge on any atom is -0.426 e. The zero-order valence-corrected chi connectivity index (χ0v) is 13.8. The summed E-state index contributed by atoms with van der Waals surface area (Å²) in [5.74, 6) is -0.717. The molecule has 1 aromatic carbocycles. The van der Waals surface area contributed by atoms with Crippen LogP contribution in [0.4, 0.5) is 0 Å². The van der Waals surface area contributed by atoms with Crippen molar-refractivity contribution in [2.75, 3.05) is 0 Å². The number of unbranched alkanes of at least 4 members (excludes halogenated alkanes) is 6. The molecule has 0 heterocycles. The lowest BCUT2D eigenvalue weighted by molar-refractivity contribution is -0.136. The van der Waals surface area contributed by atoms with Gasteiger partial charge in [0, 0.05) is 0 Å². The molecule has 3 nitrogen and oxygen atoms in total. The highest BCUT2D eigenvalue weighted by molar-refractivity contribution is 5.77. The molecule has 0 fully saturated rings. The standard InChI is InChI=1S/C19H27NO2/c1-3-4-5-6-7-8-9-10-17-11-13-18(14-12-17)22-19(21)16(2)15-20/h11-14,16H,3-10H2,1-2H3. The van der Waals surface area contributed by atoms with Crippen LogP contribution in [-0.4, -0.2) is 5.97 Å². The van der Waals surface area contributed by atoms with E-state index in [4.69, 9.17) is 10.00 Å². The van der Waals surface area contributed by atoms with Gasteiger partial charge >= 0.3 is 5.97 Å². The molecule has 0 amide bonds. The van der Waals surface area contributed by atoms with Crippen LogP contribution < -0.4 is 4.74 Å². The molecule has 120 valence electrons. The molecule has 1 unspecified atom stereocenters. The molecule has 0 aliphatic heterocycles. The average Bonchev–Trinajstić information content (AvgIpc) is 2.54. The van der Waals surface area contributed by atoms with E-state index >= 15 is 0 Å². The zero-order valence-electron chi connectivity index (χ0n) is 13.8. The molecule has 1 rings (SSSR count). The maximum atomic E-state index is 11.5. The van der Waals surface area contributed by atoms with Crippen LogP contribution in [0, 0.1) is 17.2 Å². The molecule has 0 saturated heterocycles. The molecular formula is C19H27NO2. The number of esters is 1. The molecule has 0 aromatic heterocycles. The number of nitrogens with zero attached hydrogens (tertiary/aromatic N) is 1. The SMILES string of the molecule is CCCCCCCCCc1ccc(OC(=O)C(C)C#N)cc1. The fraction of sp³-hybridized carbons (Fsp3) is 0.579. The van der Waals surface area contributed by atoms with Crippen LogP contribution in [-0.2, 0) is 11.2 Å². The fourth-order valence-corrected chi connectivity index (χ4v) is 2.27. The Morgan fingerprint density at radius 3 is 2.27 bits per heavy atom. The third-order valence-electron chi connectivity index (χ3n) is 3.76. The first-order valence-electron chi connectivity index (χ1n) is 8.37. The van der Waals surface area contributed by atoms with Crippen LogP contribution in [0.25, 0.3) is 0 Å². The summed E-state index contributed by atoms with van der Waals surface area (Å²) in [6, 6.07) is 9.48. The monoisotopic (exact) mass is 301 g/mol. The van der Waals surface area contributed by atoms with E-state index in [2.05, 4.69) is 6.92 Å². The molecule has 0 aliphatic carbocycles. The summed E-state index contributed by atoms with van der Waals surface area (Å²) < 4.78 is 5.14. The Balaban J connectivity index is 2.25. The second-order valence-corrected chi connectivity index (χ2v) is 5.79. The van der Waals surface area contributed by atoms with Gasteiger partial charge in [-0.05, 0) is 37.5 Å². The van der Waals surface area contributed by atoms with E-state index in [1.165, 1.54) is 57.4 Å². The van der Waals surface area contributed by atoms with Gasteiger partial charge < -0.3 is 4.74 Å². The first-order valence-corrected chi connectivity index (χ1v) is 8.37. The summed E-state index contributed by atoms with van der Waals surface area (Å²) in [6.45, 7) is 3.78. The number of carbonyl (C=O) groups is 1. The maximum Gasteiger partial charge on any atom is 0.328 e. The van der Waals surface area contributed by atoms with Crippen LogP contribution in [0.1, 0.15) is 64.4 Å². The summed E-state index contributed by atoms with van der Waals surface area (Å²) >= 11 is 0. The van der Waals surface area contributed by atoms with Crippen molar-refractivity contribution in [2.24, 2.45) is 5.92 Å². The molecule has 0 N–H and O–H groups in total. The fourth-order valence-electron chi connectivity index (χ4n) is 2.27. The van der Waals surface area contributed by atoms with Crippen molar-refractivity contribution in [3.8, 4) is 11.8 Å². The van der Waals surface area contributed by atoms with E-state index in [0.717, 1.165) is 6.42 Å². The van der Waals surface area contributed by atoms with E-state index in [0.29, 0.717) is 5.75 Å². The van der Waals surface area contributed by atoms with E-state index < -0.39 is 11.9 Å². The van der Waals surface area contributed by atoms with Gasteiger partial charge in [-0.15, -0.1) is 0 Å². The molecule has 1 aromatic rings. The number of hydrogen-bond acceptors (Lipinski definition) is 3. The molecule has 22 heavy (non-hydrogen) atoms. The van der Waals surface area contributed by atoms with Crippen molar-refractivity contribution >= 4 is 5.97 Å². The van der Waals surface area contributed by atoms with E-state index in [-0.39, 0.29) is 0 Å². The largest absolute Gasteiger partial charge is 0.426 e. The Morgan fingerprint density at radius 2 is 1.68 bits per heavy atom. The number of nitriles is 1. The second-order valence-electron chi connectivity index (χ2n) is 5.79. The Hall–Kier alpha value is -1.82. The third kappa shape index (κ3) is 7.26. The molecule has 3 heteroatoms. The predicted molar refractivity (Wildman–Crippen MR) is 88.6 cm³/mol. The summed E-state index contributed by atoms with van der Waals surface area (Å²) in [5, 5.41) is 8.67. The van der Waals surface area contributed by atoms with E-state index in [9.17, 15) is 4.79 Å². The Labute approximate surface area is 134 Å². The van der Waals surface area contributed by atoms with Crippen molar-refractivity contribution in [3.63, 3.8) is 0 Å². The normalized spacial score (nSPS) is 11.7. The van der Waals surface area contributed by atoms with Crippen molar-refractivity contribution < 1.29 is 9.53 Å². The highest BCUT2D eigenvalue weighted by Crippen LogP contribution is 2.16. The lowest BCUT2D eigenvalue weighted by atomic mass is 10.0. The topological polar surface area (TPSA) is 50.1 Å². The van der Waals surface area contributed by atoms with Gasteiger partial charge in [-0.3, -0.25) is 4.79 Å². The number of rotatable bonds is 10. The maximum absolute atomic E-state index is 11.5. The number of aryl methyl sites for hydroxylation is 1. The van der Waals surface area contributed by atoms with E-state index in [1.807, 2.05) is 18.2 Å². The van der Waals surface area contributed by atoms with Gasteiger partial charge in [-0.1, -0.05) is 57.6 Å². The predicted octanol–water partition coefficient (Wildman–Crippen LogP) is 5.04. The molecule has 0 bridgehead atoms. The van der Waals surface area contributed by atoms with Crippen molar-refractivity contribution in [3.05, 3.63) is 29.8 Å². The smallest absolute Gasteiger partial charge is 0.328 e. The quantitative estimate of drug-likeness (QED) is 0.345. The molecule has 1 atom stereocenters. The highest BCUT2D eigenvalue weighted by Gasteiger charge is 2.13. The summed E-state index contributed by atoms with van der Waals surface area (Å²) in [6.07, 6.45) is 10.2. The minimum absolute atomic E-state index is 0.498. The molecule has 0 saturated carbocycles. The number of carbonyl (C=O) groups excluding carboxylic acids is 1. The zero-order chi connectivity index (χ0) is 16.2. The van der Waals surface area contributed by atoms with Gasteiger partial charge in [0.1, 0.15) is 11.7 Å². The summed E-state index contributed by atoms with van der Waals surface area (Å²) in [5.41, 5.74) is 1.27. The average molecular weight is 301 g/mol. The van der Waals surface area contributed by atoms with Gasteiger partial charge in [-0.2, -0.15) is 5.26 Å². The lowest BCUT2D eigenvalue weighted by Crippen LogP contribution is -2.16. The van der Waals surface area contributed by atoms with Crippen molar-refractivity contribution in [1.29, 1.82) is 5.26 Å². The van der Waals surface area contributed by atoms with Crippen molar-refractivity contribution in [2.45, 2.75) is 65.2 Å². The van der Waals surface area contributed by atoms with Gasteiger partial charge in [0.2, 0.25) is 0 Å². The van der Waals surface area contributed by atoms with Gasteiger partial charge in [0.05, 0.1) is 6.07 Å². The van der Waals surface area contributed by atoms with Crippen LogP contribution in [0.15, 0.2) is 24.3 Å². The molecule has 0 aliphatic rings.